The first-order chi connectivity index (χ1) is 17.5. The number of aromatic hydroxyl groups is 1. The summed E-state index contributed by atoms with van der Waals surface area (Å²) in [5.41, 5.74) is 0.187. The first-order valence-electron chi connectivity index (χ1n) is 10.6. The number of benzene rings is 4. The Morgan fingerprint density at radius 2 is 1.76 bits per heavy atom. The van der Waals surface area contributed by atoms with Crippen molar-refractivity contribution in [2.75, 3.05) is 12.4 Å². The van der Waals surface area contributed by atoms with Crippen molar-refractivity contribution < 1.29 is 27.6 Å². The van der Waals surface area contributed by atoms with Crippen molar-refractivity contribution in [1.29, 1.82) is 0 Å². The number of phenols is 1. The highest BCUT2D eigenvalue weighted by molar-refractivity contribution is 7.86. The highest BCUT2D eigenvalue weighted by Gasteiger charge is 2.22. The number of phenolic OH excluding ortho intramolecular Hbond substituents is 1. The molecule has 0 atom stereocenters. The summed E-state index contributed by atoms with van der Waals surface area (Å²) in [6, 6.07) is 16.0. The Kier molecular flexibility index (Phi) is 7.37. The number of nitrogens with one attached hydrogen (secondary N) is 1. The average molecular weight is 560 g/mol. The van der Waals surface area contributed by atoms with Gasteiger partial charge in [-0.25, -0.2) is 0 Å². The summed E-state index contributed by atoms with van der Waals surface area (Å²) in [5.74, 6) is -0.845. The van der Waals surface area contributed by atoms with Gasteiger partial charge in [0.25, 0.3) is 16.0 Å². The highest BCUT2D eigenvalue weighted by Crippen LogP contribution is 2.42. The number of amides is 1. The number of hydrogen-bond donors (Lipinski definition) is 3. The molecule has 3 N–H and O–H groups in total. The van der Waals surface area contributed by atoms with Crippen LogP contribution in [0.3, 0.4) is 0 Å². The number of aryl methyl sites for hydroxylation is 1. The van der Waals surface area contributed by atoms with Crippen LogP contribution in [0.5, 0.6) is 11.5 Å². The zero-order chi connectivity index (χ0) is 26.9. The minimum absolute atomic E-state index is 0.0561. The Hall–Kier alpha value is -3.70. The number of ether oxygens (including phenoxy) is 1. The molecular formula is C25H19Cl2N3O6S. The van der Waals surface area contributed by atoms with E-state index in [1.54, 1.807) is 42.5 Å². The Bertz CT molecular complexity index is 1690. The van der Waals surface area contributed by atoms with Crippen LogP contribution < -0.4 is 10.1 Å². The number of methoxy groups -OCH3 is 1. The minimum Gasteiger partial charge on any atom is -0.505 e. The Labute approximate surface area is 222 Å². The topological polar surface area (TPSA) is 138 Å². The molecule has 0 aliphatic carbocycles. The molecule has 0 radical (unpaired) electrons. The Morgan fingerprint density at radius 1 is 1.03 bits per heavy atom. The SMILES string of the molecule is COc1cccc(Cl)c1NC(=O)c1cc2ccccc2c(N=Nc2ccc(C)c(S(=O)(=O)O)c2Cl)c1O. The molecule has 0 heterocycles. The molecule has 0 fully saturated rings. The maximum absolute atomic E-state index is 13.2. The first-order valence-corrected chi connectivity index (χ1v) is 12.8. The fourth-order valence-electron chi connectivity index (χ4n) is 3.71. The van der Waals surface area contributed by atoms with Crippen molar-refractivity contribution in [2.24, 2.45) is 10.2 Å². The third-order valence-corrected chi connectivity index (χ3v) is 7.31. The summed E-state index contributed by atoms with van der Waals surface area (Å²) in [4.78, 5) is 12.7. The third-order valence-electron chi connectivity index (χ3n) is 5.46. The number of azo groups is 1. The van der Waals surface area contributed by atoms with Gasteiger partial charge in [0.1, 0.15) is 27.7 Å². The Morgan fingerprint density at radius 3 is 2.46 bits per heavy atom. The van der Waals surface area contributed by atoms with Gasteiger partial charge in [-0.3, -0.25) is 9.35 Å². The number of hydrogen-bond acceptors (Lipinski definition) is 7. The number of carbonyl (C=O) groups is 1. The molecule has 12 heteroatoms. The number of anilines is 1. The van der Waals surface area contributed by atoms with Gasteiger partial charge in [0.05, 0.1) is 22.7 Å². The number of halogens is 2. The lowest BCUT2D eigenvalue weighted by Crippen LogP contribution is -2.13. The van der Waals surface area contributed by atoms with Gasteiger partial charge in [-0.2, -0.15) is 8.42 Å². The van der Waals surface area contributed by atoms with Crippen LogP contribution in [0, 0.1) is 6.92 Å². The molecule has 0 aliphatic rings. The van der Waals surface area contributed by atoms with Crippen LogP contribution in [0.15, 0.2) is 75.8 Å². The largest absolute Gasteiger partial charge is 0.505 e. The fraction of sp³-hybridized carbons (Fsp3) is 0.0800. The van der Waals surface area contributed by atoms with Crippen LogP contribution in [0.1, 0.15) is 15.9 Å². The molecule has 0 aliphatic heterocycles. The monoisotopic (exact) mass is 559 g/mol. The molecule has 0 saturated heterocycles. The van der Waals surface area contributed by atoms with E-state index in [-0.39, 0.29) is 38.2 Å². The van der Waals surface area contributed by atoms with Gasteiger partial charge in [0.2, 0.25) is 0 Å². The van der Waals surface area contributed by atoms with Gasteiger partial charge in [-0.05, 0) is 42.1 Å². The lowest BCUT2D eigenvalue weighted by molar-refractivity contribution is 0.102. The van der Waals surface area contributed by atoms with Crippen LogP contribution in [-0.2, 0) is 10.1 Å². The molecule has 37 heavy (non-hydrogen) atoms. The van der Waals surface area contributed by atoms with Crippen molar-refractivity contribution in [3.63, 3.8) is 0 Å². The zero-order valence-corrected chi connectivity index (χ0v) is 21.7. The molecule has 0 aromatic heterocycles. The number of rotatable bonds is 6. The first kappa shape index (κ1) is 26.4. The van der Waals surface area contributed by atoms with Crippen LogP contribution >= 0.6 is 23.2 Å². The molecule has 9 nitrogen and oxygen atoms in total. The number of nitrogens with zero attached hydrogens (tertiary/aromatic N) is 2. The third kappa shape index (κ3) is 5.23. The van der Waals surface area contributed by atoms with Crippen molar-refractivity contribution in [2.45, 2.75) is 11.8 Å². The molecule has 4 aromatic carbocycles. The standard InChI is InChI=1S/C25H19Cl2N3O6S/c1-13-10-11-18(20(27)24(13)37(33,34)35)29-30-21-15-7-4-3-6-14(15)12-16(23(21)31)25(32)28-22-17(26)8-5-9-19(22)36-2/h3-12,31H,1-2H3,(H,28,32)(H,33,34,35). The summed E-state index contributed by atoms with van der Waals surface area (Å²) in [6.07, 6.45) is 0. The second-order valence-corrected chi connectivity index (χ2v) is 9.98. The van der Waals surface area contributed by atoms with Gasteiger partial charge in [0.15, 0.2) is 5.75 Å². The molecule has 4 rings (SSSR count). The van der Waals surface area contributed by atoms with Crippen molar-refractivity contribution >= 4 is 67.1 Å². The molecule has 4 aromatic rings. The van der Waals surface area contributed by atoms with E-state index in [2.05, 4.69) is 15.5 Å². The lowest BCUT2D eigenvalue weighted by Gasteiger charge is -2.14. The van der Waals surface area contributed by atoms with E-state index in [0.717, 1.165) is 0 Å². The summed E-state index contributed by atoms with van der Waals surface area (Å²) >= 11 is 12.4. The minimum atomic E-state index is -4.63. The highest BCUT2D eigenvalue weighted by atomic mass is 35.5. The fourth-order valence-corrected chi connectivity index (χ4v) is 5.27. The van der Waals surface area contributed by atoms with E-state index in [1.165, 1.54) is 32.2 Å². The molecule has 190 valence electrons. The number of fused-ring (bicyclic) bond motifs is 1. The normalized spacial score (nSPS) is 11.7. The average Bonchev–Trinajstić information content (AvgIpc) is 2.84. The van der Waals surface area contributed by atoms with Crippen molar-refractivity contribution in [3.8, 4) is 11.5 Å². The van der Waals surface area contributed by atoms with E-state index in [0.29, 0.717) is 16.5 Å². The summed E-state index contributed by atoms with van der Waals surface area (Å²) in [5, 5.41) is 22.8. The zero-order valence-electron chi connectivity index (χ0n) is 19.4. The van der Waals surface area contributed by atoms with E-state index < -0.39 is 26.7 Å². The van der Waals surface area contributed by atoms with E-state index in [4.69, 9.17) is 27.9 Å². The number of carbonyl (C=O) groups excluding carboxylic acids is 1. The molecule has 0 unspecified atom stereocenters. The van der Waals surface area contributed by atoms with Crippen LogP contribution in [-0.4, -0.2) is 31.1 Å². The smallest absolute Gasteiger partial charge is 0.296 e. The van der Waals surface area contributed by atoms with Crippen LogP contribution in [0.25, 0.3) is 10.8 Å². The van der Waals surface area contributed by atoms with E-state index >= 15 is 0 Å². The van der Waals surface area contributed by atoms with E-state index in [9.17, 15) is 22.9 Å². The second kappa shape index (κ2) is 10.3. The molecular weight excluding hydrogens is 541 g/mol. The van der Waals surface area contributed by atoms with E-state index in [1.807, 2.05) is 0 Å². The summed E-state index contributed by atoms with van der Waals surface area (Å²) in [6.45, 7) is 1.46. The number of para-hydroxylation sites is 1. The van der Waals surface area contributed by atoms with Gasteiger partial charge >= 0.3 is 0 Å². The predicted molar refractivity (Wildman–Crippen MR) is 142 cm³/mol. The van der Waals surface area contributed by atoms with Gasteiger partial charge < -0.3 is 15.2 Å². The molecule has 0 saturated carbocycles. The van der Waals surface area contributed by atoms with Crippen LogP contribution in [0.2, 0.25) is 10.0 Å². The van der Waals surface area contributed by atoms with Crippen molar-refractivity contribution in [1.82, 2.24) is 0 Å². The predicted octanol–water partition coefficient (Wildman–Crippen LogP) is 7.08. The summed E-state index contributed by atoms with van der Waals surface area (Å²) < 4.78 is 38.3. The van der Waals surface area contributed by atoms with Crippen LogP contribution in [0.4, 0.5) is 17.1 Å². The second-order valence-electron chi connectivity index (χ2n) is 7.83. The summed E-state index contributed by atoms with van der Waals surface area (Å²) in [7, 11) is -3.20. The molecule has 1 amide bonds. The van der Waals surface area contributed by atoms with Crippen molar-refractivity contribution in [3.05, 3.63) is 81.8 Å². The maximum Gasteiger partial charge on any atom is 0.296 e. The van der Waals surface area contributed by atoms with Gasteiger partial charge in [-0.1, -0.05) is 59.6 Å². The lowest BCUT2D eigenvalue weighted by atomic mass is 10.0. The Balaban J connectivity index is 1.83. The van der Waals surface area contributed by atoms with Gasteiger partial charge in [-0.15, -0.1) is 10.2 Å². The maximum atomic E-state index is 13.2. The quantitative estimate of drug-likeness (QED) is 0.170. The molecule has 0 spiro atoms. The molecule has 0 bridgehead atoms. The van der Waals surface area contributed by atoms with Gasteiger partial charge in [0, 0.05) is 5.39 Å².